The number of amides is 2. The Kier molecular flexibility index (Phi) is 4.66. The average Bonchev–Trinajstić information content (AvgIpc) is 3.05. The third-order valence-electron chi connectivity index (χ3n) is 5.09. The number of urea groups is 1. The number of ether oxygens (including phenoxy) is 1. The molecule has 27 heavy (non-hydrogen) atoms. The Morgan fingerprint density at radius 3 is 2.70 bits per heavy atom. The number of carbonyl (C=O) groups is 1. The summed E-state index contributed by atoms with van der Waals surface area (Å²) in [5.41, 5.74) is 3.19. The summed E-state index contributed by atoms with van der Waals surface area (Å²) in [6.07, 6.45) is 3.87. The molecule has 0 bridgehead atoms. The molecule has 0 spiro atoms. The smallest absolute Gasteiger partial charge is 0.315 e. The fraction of sp³-hybridized carbons (Fsp3) is 0.350. The quantitative estimate of drug-likeness (QED) is 0.729. The molecule has 7 heteroatoms. The SMILES string of the molecule is COc1ccc(C2CC(NC(=O)NCc3nnc4ccc(C)cn34)C2)cc1. The summed E-state index contributed by atoms with van der Waals surface area (Å²) in [6, 6.07) is 12.1. The Morgan fingerprint density at radius 2 is 1.96 bits per heavy atom. The van der Waals surface area contributed by atoms with Gasteiger partial charge in [0.1, 0.15) is 5.75 Å². The maximum Gasteiger partial charge on any atom is 0.315 e. The van der Waals surface area contributed by atoms with Crippen LogP contribution in [0.15, 0.2) is 42.6 Å². The van der Waals surface area contributed by atoms with Gasteiger partial charge in [-0.05, 0) is 55.0 Å². The van der Waals surface area contributed by atoms with Crippen molar-refractivity contribution in [1.29, 1.82) is 0 Å². The molecule has 2 heterocycles. The molecule has 1 fully saturated rings. The number of rotatable bonds is 5. The van der Waals surface area contributed by atoms with Gasteiger partial charge in [-0.1, -0.05) is 18.2 Å². The summed E-state index contributed by atoms with van der Waals surface area (Å²) >= 11 is 0. The van der Waals surface area contributed by atoms with Gasteiger partial charge >= 0.3 is 6.03 Å². The molecule has 2 aromatic heterocycles. The van der Waals surface area contributed by atoms with Crippen LogP contribution in [0, 0.1) is 6.92 Å². The van der Waals surface area contributed by atoms with Crippen LogP contribution < -0.4 is 15.4 Å². The lowest BCUT2D eigenvalue weighted by molar-refractivity contribution is 0.222. The lowest BCUT2D eigenvalue weighted by atomic mass is 9.76. The molecule has 1 aliphatic carbocycles. The zero-order valence-electron chi connectivity index (χ0n) is 15.5. The second-order valence-corrected chi connectivity index (χ2v) is 7.02. The van der Waals surface area contributed by atoms with Crippen molar-refractivity contribution >= 4 is 11.7 Å². The number of aryl methyl sites for hydroxylation is 1. The number of nitrogens with zero attached hydrogens (tertiary/aromatic N) is 3. The van der Waals surface area contributed by atoms with E-state index < -0.39 is 0 Å². The molecule has 0 radical (unpaired) electrons. The molecule has 4 rings (SSSR count). The Balaban J connectivity index is 1.26. The number of aromatic nitrogens is 3. The zero-order chi connectivity index (χ0) is 18.8. The first-order chi connectivity index (χ1) is 13.1. The van der Waals surface area contributed by atoms with Crippen LogP contribution in [0.25, 0.3) is 5.65 Å². The van der Waals surface area contributed by atoms with Crippen molar-refractivity contribution in [3.05, 3.63) is 59.5 Å². The van der Waals surface area contributed by atoms with Gasteiger partial charge < -0.3 is 15.4 Å². The standard InChI is InChI=1S/C20H23N5O2/c1-13-3-8-18-23-24-19(25(18)12-13)11-21-20(26)22-16-9-15(10-16)14-4-6-17(27-2)7-5-14/h3-8,12,15-16H,9-11H2,1-2H3,(H2,21,22,26). The molecule has 2 N–H and O–H groups in total. The molecule has 1 saturated carbocycles. The third-order valence-corrected chi connectivity index (χ3v) is 5.09. The fourth-order valence-electron chi connectivity index (χ4n) is 3.44. The number of methoxy groups -OCH3 is 1. The van der Waals surface area contributed by atoms with E-state index >= 15 is 0 Å². The van der Waals surface area contributed by atoms with Crippen LogP contribution in [0.4, 0.5) is 4.79 Å². The molecular formula is C20H23N5O2. The van der Waals surface area contributed by atoms with Crippen molar-refractivity contribution in [2.24, 2.45) is 0 Å². The number of nitrogens with one attached hydrogen (secondary N) is 2. The van der Waals surface area contributed by atoms with Crippen LogP contribution >= 0.6 is 0 Å². The van der Waals surface area contributed by atoms with Crippen LogP contribution in [0.3, 0.4) is 0 Å². The van der Waals surface area contributed by atoms with E-state index in [1.165, 1.54) is 5.56 Å². The summed E-state index contributed by atoms with van der Waals surface area (Å²) in [5.74, 6) is 2.07. The molecule has 0 unspecified atom stereocenters. The van der Waals surface area contributed by atoms with E-state index in [0.717, 1.165) is 29.8 Å². The van der Waals surface area contributed by atoms with Gasteiger partial charge in [0.2, 0.25) is 0 Å². The third kappa shape index (κ3) is 3.72. The first kappa shape index (κ1) is 17.3. The number of pyridine rings is 1. The molecule has 7 nitrogen and oxygen atoms in total. The van der Waals surface area contributed by atoms with Gasteiger partial charge in [0.25, 0.3) is 0 Å². The summed E-state index contributed by atoms with van der Waals surface area (Å²) in [4.78, 5) is 12.2. The summed E-state index contributed by atoms with van der Waals surface area (Å²) in [7, 11) is 1.67. The minimum absolute atomic E-state index is 0.169. The maximum absolute atomic E-state index is 12.2. The largest absolute Gasteiger partial charge is 0.497 e. The van der Waals surface area contributed by atoms with E-state index in [4.69, 9.17) is 4.74 Å². The van der Waals surface area contributed by atoms with Crippen molar-refractivity contribution in [1.82, 2.24) is 25.2 Å². The Morgan fingerprint density at radius 1 is 1.19 bits per heavy atom. The highest BCUT2D eigenvalue weighted by Crippen LogP contribution is 2.37. The molecular weight excluding hydrogens is 342 g/mol. The van der Waals surface area contributed by atoms with Gasteiger partial charge in [-0.15, -0.1) is 10.2 Å². The molecule has 3 aromatic rings. The van der Waals surface area contributed by atoms with E-state index in [1.54, 1.807) is 7.11 Å². The van der Waals surface area contributed by atoms with Gasteiger partial charge in [-0.25, -0.2) is 4.79 Å². The van der Waals surface area contributed by atoms with Gasteiger partial charge in [0.15, 0.2) is 11.5 Å². The van der Waals surface area contributed by atoms with Gasteiger partial charge in [-0.3, -0.25) is 4.40 Å². The van der Waals surface area contributed by atoms with Gasteiger partial charge in [-0.2, -0.15) is 0 Å². The Bertz CT molecular complexity index is 945. The normalized spacial score (nSPS) is 18.7. The first-order valence-corrected chi connectivity index (χ1v) is 9.11. The number of hydrogen-bond donors (Lipinski definition) is 2. The van der Waals surface area contributed by atoms with E-state index in [-0.39, 0.29) is 12.1 Å². The molecule has 1 aromatic carbocycles. The molecule has 0 saturated heterocycles. The van der Waals surface area contributed by atoms with E-state index in [0.29, 0.717) is 18.3 Å². The maximum atomic E-state index is 12.2. The van der Waals surface area contributed by atoms with Crippen molar-refractivity contribution in [3.8, 4) is 5.75 Å². The van der Waals surface area contributed by atoms with Gasteiger partial charge in [0.05, 0.1) is 13.7 Å². The van der Waals surface area contributed by atoms with Crippen molar-refractivity contribution < 1.29 is 9.53 Å². The zero-order valence-corrected chi connectivity index (χ0v) is 15.5. The minimum Gasteiger partial charge on any atom is -0.497 e. The fourth-order valence-corrected chi connectivity index (χ4v) is 3.44. The first-order valence-electron chi connectivity index (χ1n) is 9.11. The molecule has 1 aliphatic rings. The number of fused-ring (bicyclic) bond motifs is 1. The van der Waals surface area contributed by atoms with E-state index in [1.807, 2.05) is 41.8 Å². The monoisotopic (exact) mass is 365 g/mol. The van der Waals surface area contributed by atoms with Crippen molar-refractivity contribution in [2.75, 3.05) is 7.11 Å². The van der Waals surface area contributed by atoms with Crippen LogP contribution in [0.1, 0.15) is 35.7 Å². The second kappa shape index (κ2) is 7.26. The predicted octanol–water partition coefficient (Wildman–Crippen LogP) is 2.79. The van der Waals surface area contributed by atoms with Crippen LogP contribution in [-0.2, 0) is 6.54 Å². The number of hydrogen-bond acceptors (Lipinski definition) is 4. The molecule has 0 atom stereocenters. The lowest BCUT2D eigenvalue weighted by Gasteiger charge is -2.36. The number of carbonyl (C=O) groups excluding carboxylic acids is 1. The topological polar surface area (TPSA) is 80.5 Å². The van der Waals surface area contributed by atoms with Crippen molar-refractivity contribution in [3.63, 3.8) is 0 Å². The highest BCUT2D eigenvalue weighted by molar-refractivity contribution is 5.74. The number of benzene rings is 1. The lowest BCUT2D eigenvalue weighted by Crippen LogP contribution is -2.47. The Hall–Kier alpha value is -3.09. The molecule has 0 aliphatic heterocycles. The molecule has 140 valence electrons. The highest BCUT2D eigenvalue weighted by atomic mass is 16.5. The predicted molar refractivity (Wildman–Crippen MR) is 102 cm³/mol. The highest BCUT2D eigenvalue weighted by Gasteiger charge is 2.31. The molecule has 2 amide bonds. The van der Waals surface area contributed by atoms with E-state index in [9.17, 15) is 4.79 Å². The average molecular weight is 365 g/mol. The summed E-state index contributed by atoms with van der Waals surface area (Å²) in [6.45, 7) is 2.35. The minimum atomic E-state index is -0.169. The summed E-state index contributed by atoms with van der Waals surface area (Å²) < 4.78 is 7.09. The van der Waals surface area contributed by atoms with E-state index in [2.05, 4.69) is 33.0 Å². The van der Waals surface area contributed by atoms with Gasteiger partial charge in [0, 0.05) is 12.2 Å². The van der Waals surface area contributed by atoms with Crippen molar-refractivity contribution in [2.45, 2.75) is 38.3 Å². The van der Waals surface area contributed by atoms with Crippen LogP contribution in [0.5, 0.6) is 5.75 Å². The van der Waals surface area contributed by atoms with Crippen LogP contribution in [0.2, 0.25) is 0 Å². The van der Waals surface area contributed by atoms with Crippen LogP contribution in [-0.4, -0.2) is 33.8 Å². The second-order valence-electron chi connectivity index (χ2n) is 7.02. The Labute approximate surface area is 157 Å². The summed E-state index contributed by atoms with van der Waals surface area (Å²) in [5, 5.41) is 14.2.